The van der Waals surface area contributed by atoms with E-state index in [1.165, 1.54) is 11.9 Å². The number of aromatic nitrogens is 2. The maximum Gasteiger partial charge on any atom is 0.410 e. The fourth-order valence-corrected chi connectivity index (χ4v) is 4.23. The van der Waals surface area contributed by atoms with Gasteiger partial charge in [-0.2, -0.15) is 0 Å². The van der Waals surface area contributed by atoms with Crippen LogP contribution in [-0.4, -0.2) is 77.7 Å². The van der Waals surface area contributed by atoms with Crippen LogP contribution in [0.1, 0.15) is 70.1 Å². The van der Waals surface area contributed by atoms with Crippen molar-refractivity contribution >= 4 is 35.2 Å². The van der Waals surface area contributed by atoms with Gasteiger partial charge >= 0.3 is 6.09 Å². The summed E-state index contributed by atoms with van der Waals surface area (Å²) in [6, 6.07) is 6.60. The lowest BCUT2D eigenvalue weighted by Crippen LogP contribution is -2.47. The van der Waals surface area contributed by atoms with E-state index < -0.39 is 23.6 Å². The normalized spacial score (nSPS) is 13.9. The molecule has 0 radical (unpaired) electrons. The molecule has 0 spiro atoms. The first-order chi connectivity index (χ1) is 19.4. The van der Waals surface area contributed by atoms with Crippen LogP contribution >= 0.6 is 0 Å². The summed E-state index contributed by atoms with van der Waals surface area (Å²) in [5.41, 5.74) is 6.52. The number of rotatable bonds is 12. The van der Waals surface area contributed by atoms with Crippen LogP contribution in [0, 0.1) is 0 Å². The summed E-state index contributed by atoms with van der Waals surface area (Å²) in [6.07, 6.45) is 2.83. The van der Waals surface area contributed by atoms with Gasteiger partial charge in [-0.1, -0.05) is 13.0 Å². The first kappa shape index (κ1) is 31.4. The van der Waals surface area contributed by atoms with E-state index in [0.29, 0.717) is 43.2 Å². The van der Waals surface area contributed by atoms with Crippen LogP contribution in [0.4, 0.5) is 22.1 Å². The van der Waals surface area contributed by atoms with Gasteiger partial charge in [-0.3, -0.25) is 14.5 Å². The third kappa shape index (κ3) is 8.95. The molecule has 41 heavy (non-hydrogen) atoms. The lowest BCUT2D eigenvalue weighted by atomic mass is 10.2. The monoisotopic (exact) mass is 569 g/mol. The van der Waals surface area contributed by atoms with Crippen molar-refractivity contribution in [2.45, 2.75) is 71.9 Å². The molecule has 1 aromatic carbocycles. The SMILES string of the molecule is CCc1nc(C(N)=O)c(Nc2cccc(OCCCNC(=O)[C@H](C)N(C)C(=O)OC(C)(C)C)c2)nc1N1CCCC1. The fraction of sp³-hybridized carbons (Fsp3) is 0.552. The van der Waals surface area contributed by atoms with Crippen LogP contribution in [0.2, 0.25) is 0 Å². The number of nitrogens with zero attached hydrogens (tertiary/aromatic N) is 4. The summed E-state index contributed by atoms with van der Waals surface area (Å²) < 4.78 is 11.2. The number of anilines is 3. The number of carbonyl (C=O) groups excluding carboxylic acids is 3. The van der Waals surface area contributed by atoms with E-state index in [1.807, 2.05) is 25.1 Å². The minimum absolute atomic E-state index is 0.0957. The molecule has 12 heteroatoms. The number of amides is 3. The molecule has 0 aliphatic carbocycles. The molecule has 3 amide bonds. The van der Waals surface area contributed by atoms with E-state index in [9.17, 15) is 14.4 Å². The Hall–Kier alpha value is -4.09. The molecule has 1 saturated heterocycles. The molecule has 1 aromatic heterocycles. The third-order valence-corrected chi connectivity index (χ3v) is 6.55. The number of nitrogens with one attached hydrogen (secondary N) is 2. The molecular formula is C29H43N7O5. The number of hydrogen-bond acceptors (Lipinski definition) is 9. The molecule has 0 bridgehead atoms. The molecule has 0 unspecified atom stereocenters. The molecule has 2 aromatic rings. The molecule has 1 aliphatic heterocycles. The van der Waals surface area contributed by atoms with E-state index >= 15 is 0 Å². The van der Waals surface area contributed by atoms with Gasteiger partial charge in [0.15, 0.2) is 17.3 Å². The Labute approximate surface area is 242 Å². The van der Waals surface area contributed by atoms with Gasteiger partial charge in [0.1, 0.15) is 17.4 Å². The van der Waals surface area contributed by atoms with Crippen LogP contribution in [0.5, 0.6) is 5.75 Å². The molecule has 1 atom stereocenters. The molecule has 3 rings (SSSR count). The highest BCUT2D eigenvalue weighted by Crippen LogP contribution is 2.28. The Bertz CT molecular complexity index is 1220. The highest BCUT2D eigenvalue weighted by molar-refractivity contribution is 5.96. The number of benzene rings is 1. The second-order valence-electron chi connectivity index (χ2n) is 11.0. The highest BCUT2D eigenvalue weighted by atomic mass is 16.6. The van der Waals surface area contributed by atoms with Crippen LogP contribution in [0.25, 0.3) is 0 Å². The number of likely N-dealkylation sites (N-methyl/N-ethyl adjacent to an activating group) is 1. The van der Waals surface area contributed by atoms with Gasteiger partial charge in [-0.15, -0.1) is 0 Å². The maximum atomic E-state index is 12.5. The topological polar surface area (TPSA) is 152 Å². The molecule has 4 N–H and O–H groups in total. The van der Waals surface area contributed by atoms with E-state index in [0.717, 1.165) is 37.4 Å². The zero-order chi connectivity index (χ0) is 30.2. The number of nitrogens with two attached hydrogens (primary N) is 1. The Balaban J connectivity index is 1.55. The van der Waals surface area contributed by atoms with Crippen LogP contribution in [0.3, 0.4) is 0 Å². The van der Waals surface area contributed by atoms with Crippen molar-refractivity contribution in [2.24, 2.45) is 5.73 Å². The van der Waals surface area contributed by atoms with Gasteiger partial charge in [-0.05, 0) is 65.5 Å². The zero-order valence-electron chi connectivity index (χ0n) is 25.0. The van der Waals surface area contributed by atoms with Crippen LogP contribution in [0.15, 0.2) is 24.3 Å². The van der Waals surface area contributed by atoms with Crippen molar-refractivity contribution in [3.8, 4) is 5.75 Å². The largest absolute Gasteiger partial charge is 0.493 e. The number of aryl methyl sites for hydroxylation is 1. The first-order valence-electron chi connectivity index (χ1n) is 14.1. The molecule has 12 nitrogen and oxygen atoms in total. The molecule has 0 saturated carbocycles. The number of ether oxygens (including phenoxy) is 2. The predicted octanol–water partition coefficient (Wildman–Crippen LogP) is 3.62. The second-order valence-corrected chi connectivity index (χ2v) is 11.0. The van der Waals surface area contributed by atoms with E-state index in [-0.39, 0.29) is 11.6 Å². The standard InChI is InChI=1S/C29H43N7O5/c1-7-22-26(36-15-8-9-16-36)34-25(23(33-22)24(30)37)32-20-12-10-13-21(18-20)40-17-11-14-31-27(38)19(2)35(6)28(39)41-29(3,4)5/h10,12-13,18-19H,7-9,11,14-17H2,1-6H3,(H2,30,37)(H,31,38)(H,32,34)/t19-/m0/s1. The summed E-state index contributed by atoms with van der Waals surface area (Å²) in [5, 5.41) is 6.01. The van der Waals surface area contributed by atoms with Gasteiger partial charge in [0.25, 0.3) is 5.91 Å². The van der Waals surface area contributed by atoms with Crippen molar-refractivity contribution < 1.29 is 23.9 Å². The van der Waals surface area contributed by atoms with Crippen molar-refractivity contribution in [1.82, 2.24) is 20.2 Å². The minimum Gasteiger partial charge on any atom is -0.493 e. The summed E-state index contributed by atoms with van der Waals surface area (Å²) >= 11 is 0. The summed E-state index contributed by atoms with van der Waals surface area (Å²) in [7, 11) is 1.53. The Kier molecular flexibility index (Phi) is 10.7. The first-order valence-corrected chi connectivity index (χ1v) is 14.1. The van der Waals surface area contributed by atoms with Gasteiger partial charge < -0.3 is 30.7 Å². The van der Waals surface area contributed by atoms with E-state index in [4.69, 9.17) is 20.2 Å². The summed E-state index contributed by atoms with van der Waals surface area (Å²) in [4.78, 5) is 49.6. The second kappa shape index (κ2) is 14.0. The quantitative estimate of drug-likeness (QED) is 0.325. The van der Waals surface area contributed by atoms with Gasteiger partial charge in [0.2, 0.25) is 5.91 Å². The van der Waals surface area contributed by atoms with Crippen LogP contribution < -0.4 is 26.0 Å². The Morgan fingerprint density at radius 1 is 1.17 bits per heavy atom. The third-order valence-electron chi connectivity index (χ3n) is 6.55. The lowest BCUT2D eigenvalue weighted by molar-refractivity contribution is -0.125. The molecule has 2 heterocycles. The molecule has 1 fully saturated rings. The van der Waals surface area contributed by atoms with Gasteiger partial charge in [-0.25, -0.2) is 14.8 Å². The van der Waals surface area contributed by atoms with Gasteiger partial charge in [0.05, 0.1) is 12.3 Å². The van der Waals surface area contributed by atoms with Crippen molar-refractivity contribution in [3.63, 3.8) is 0 Å². The smallest absolute Gasteiger partial charge is 0.410 e. The maximum absolute atomic E-state index is 12.5. The van der Waals surface area contributed by atoms with Crippen molar-refractivity contribution in [2.75, 3.05) is 43.5 Å². The van der Waals surface area contributed by atoms with Crippen molar-refractivity contribution in [3.05, 3.63) is 35.7 Å². The lowest BCUT2D eigenvalue weighted by Gasteiger charge is -2.28. The molecule has 1 aliphatic rings. The molecular weight excluding hydrogens is 526 g/mol. The Morgan fingerprint density at radius 3 is 2.51 bits per heavy atom. The number of primary amides is 1. The minimum atomic E-state index is -0.681. The van der Waals surface area contributed by atoms with E-state index in [2.05, 4.69) is 20.5 Å². The average Bonchev–Trinajstić information content (AvgIpc) is 3.46. The van der Waals surface area contributed by atoms with Crippen molar-refractivity contribution in [1.29, 1.82) is 0 Å². The summed E-state index contributed by atoms with van der Waals surface area (Å²) in [5.74, 6) is 0.764. The zero-order valence-corrected chi connectivity index (χ0v) is 25.0. The highest BCUT2D eigenvalue weighted by Gasteiger charge is 2.27. The molecule has 224 valence electrons. The fourth-order valence-electron chi connectivity index (χ4n) is 4.23. The average molecular weight is 570 g/mol. The Morgan fingerprint density at radius 2 is 1.88 bits per heavy atom. The predicted molar refractivity (Wildman–Crippen MR) is 158 cm³/mol. The number of hydrogen-bond donors (Lipinski definition) is 3. The van der Waals surface area contributed by atoms with Gasteiger partial charge in [0, 0.05) is 38.4 Å². The summed E-state index contributed by atoms with van der Waals surface area (Å²) in [6.45, 7) is 11.5. The van der Waals surface area contributed by atoms with Crippen LogP contribution in [-0.2, 0) is 16.0 Å². The number of carbonyl (C=O) groups is 3. The van der Waals surface area contributed by atoms with E-state index in [1.54, 1.807) is 33.8 Å².